The van der Waals surface area contributed by atoms with Crippen LogP contribution in [0.3, 0.4) is 0 Å². The maximum atomic E-state index is 3.33. The van der Waals surface area contributed by atoms with E-state index in [1.807, 2.05) is 0 Å². The highest BCUT2D eigenvalue weighted by molar-refractivity contribution is 7.99. The number of thioether (sulfide) groups is 1. The summed E-state index contributed by atoms with van der Waals surface area (Å²) in [6.45, 7) is 8.82. The summed E-state index contributed by atoms with van der Waals surface area (Å²) in [7, 11) is 2.22. The zero-order chi connectivity index (χ0) is 10.5. The van der Waals surface area contributed by atoms with Crippen molar-refractivity contribution in [3.63, 3.8) is 0 Å². The second-order valence-electron chi connectivity index (χ2n) is 4.74. The van der Waals surface area contributed by atoms with Gasteiger partial charge in [-0.05, 0) is 31.8 Å². The Bertz CT molecular complexity index is 177. The van der Waals surface area contributed by atoms with Crippen molar-refractivity contribution in [2.24, 2.45) is 5.92 Å². The molecule has 88 valence electrons. The first-order valence-corrected chi connectivity index (χ1v) is 7.19. The van der Waals surface area contributed by atoms with E-state index in [0.717, 1.165) is 5.92 Å². The molecule has 0 bridgehead atoms. The van der Waals surface area contributed by atoms with E-state index in [2.05, 4.69) is 33.9 Å². The van der Waals surface area contributed by atoms with Gasteiger partial charge in [0.2, 0.25) is 0 Å². The molecule has 2 aliphatic heterocycles. The number of nitrogens with one attached hydrogen (secondary N) is 1. The van der Waals surface area contributed by atoms with Gasteiger partial charge in [0, 0.05) is 38.5 Å². The van der Waals surface area contributed by atoms with Gasteiger partial charge in [-0.1, -0.05) is 0 Å². The standard InChI is InChI=1S/C11H23N3S/c1-13-2-4-14(5-3-13)6-7-15-10-11-8-12-9-11/h11-12H,2-10H2,1H3. The average Bonchev–Trinajstić information content (AvgIpc) is 2.18. The number of nitrogens with zero attached hydrogens (tertiary/aromatic N) is 2. The van der Waals surface area contributed by atoms with Crippen LogP contribution in [0.1, 0.15) is 0 Å². The van der Waals surface area contributed by atoms with Crippen LogP contribution in [0.25, 0.3) is 0 Å². The van der Waals surface area contributed by atoms with Crippen molar-refractivity contribution in [1.82, 2.24) is 15.1 Å². The predicted octanol–water partition coefficient (Wildman–Crippen LogP) is 0.186. The van der Waals surface area contributed by atoms with Crippen LogP contribution in [0.2, 0.25) is 0 Å². The van der Waals surface area contributed by atoms with Crippen molar-refractivity contribution in [3.05, 3.63) is 0 Å². The molecule has 0 atom stereocenters. The fourth-order valence-corrected chi connectivity index (χ4v) is 3.10. The van der Waals surface area contributed by atoms with Gasteiger partial charge in [-0.15, -0.1) is 0 Å². The first-order valence-electron chi connectivity index (χ1n) is 6.04. The minimum atomic E-state index is 0.961. The highest BCUT2D eigenvalue weighted by Crippen LogP contribution is 2.12. The van der Waals surface area contributed by atoms with E-state index < -0.39 is 0 Å². The van der Waals surface area contributed by atoms with Crippen LogP contribution in [0.5, 0.6) is 0 Å². The summed E-state index contributed by atoms with van der Waals surface area (Å²) in [5.41, 5.74) is 0. The second-order valence-corrected chi connectivity index (χ2v) is 5.89. The predicted molar refractivity (Wildman–Crippen MR) is 67.6 cm³/mol. The van der Waals surface area contributed by atoms with Gasteiger partial charge in [0.1, 0.15) is 0 Å². The molecule has 0 unspecified atom stereocenters. The van der Waals surface area contributed by atoms with Crippen LogP contribution in [0, 0.1) is 5.92 Å². The molecular weight excluding hydrogens is 206 g/mol. The Morgan fingerprint density at radius 2 is 1.93 bits per heavy atom. The summed E-state index contributed by atoms with van der Waals surface area (Å²) in [6, 6.07) is 0. The number of likely N-dealkylation sites (N-methyl/N-ethyl adjacent to an activating group) is 1. The minimum absolute atomic E-state index is 0.961. The molecule has 2 aliphatic rings. The van der Waals surface area contributed by atoms with Crippen molar-refractivity contribution in [3.8, 4) is 0 Å². The molecular formula is C11H23N3S. The summed E-state index contributed by atoms with van der Waals surface area (Å²) in [4.78, 5) is 5.02. The lowest BCUT2D eigenvalue weighted by atomic mass is 10.1. The third-order valence-corrected chi connectivity index (χ3v) is 4.55. The van der Waals surface area contributed by atoms with Crippen molar-refractivity contribution in [2.45, 2.75) is 0 Å². The van der Waals surface area contributed by atoms with Crippen LogP contribution < -0.4 is 5.32 Å². The maximum absolute atomic E-state index is 3.33. The zero-order valence-electron chi connectivity index (χ0n) is 9.74. The van der Waals surface area contributed by atoms with Crippen LogP contribution in [0.4, 0.5) is 0 Å². The molecule has 0 saturated carbocycles. The van der Waals surface area contributed by atoms with E-state index in [0.29, 0.717) is 0 Å². The molecule has 1 N–H and O–H groups in total. The maximum Gasteiger partial charge on any atom is 0.0110 e. The molecule has 0 spiro atoms. The Labute approximate surface area is 97.6 Å². The van der Waals surface area contributed by atoms with E-state index in [1.54, 1.807) is 0 Å². The normalized spacial score (nSPS) is 25.4. The Hall–Kier alpha value is 0.230. The summed E-state index contributed by atoms with van der Waals surface area (Å²) < 4.78 is 0. The highest BCUT2D eigenvalue weighted by atomic mass is 32.2. The molecule has 0 amide bonds. The number of rotatable bonds is 5. The summed E-state index contributed by atoms with van der Waals surface area (Å²) >= 11 is 2.14. The summed E-state index contributed by atoms with van der Waals surface area (Å²) in [5, 5.41) is 3.33. The number of piperazine rings is 1. The Morgan fingerprint density at radius 1 is 1.20 bits per heavy atom. The minimum Gasteiger partial charge on any atom is -0.316 e. The molecule has 3 nitrogen and oxygen atoms in total. The zero-order valence-corrected chi connectivity index (χ0v) is 10.6. The van der Waals surface area contributed by atoms with Crippen molar-refractivity contribution in [2.75, 3.05) is 64.4 Å². The summed E-state index contributed by atoms with van der Waals surface area (Å²) in [5.74, 6) is 3.64. The van der Waals surface area contributed by atoms with Crippen molar-refractivity contribution < 1.29 is 0 Å². The third kappa shape index (κ3) is 3.94. The van der Waals surface area contributed by atoms with Gasteiger partial charge in [-0.2, -0.15) is 11.8 Å². The molecule has 0 radical (unpaired) electrons. The lowest BCUT2D eigenvalue weighted by molar-refractivity contribution is 0.161. The van der Waals surface area contributed by atoms with Gasteiger partial charge in [0.25, 0.3) is 0 Å². The smallest absolute Gasteiger partial charge is 0.0110 e. The van der Waals surface area contributed by atoms with E-state index >= 15 is 0 Å². The van der Waals surface area contributed by atoms with Crippen molar-refractivity contribution in [1.29, 1.82) is 0 Å². The topological polar surface area (TPSA) is 18.5 Å². The molecule has 2 heterocycles. The van der Waals surface area contributed by atoms with Gasteiger partial charge in [0.05, 0.1) is 0 Å². The quantitative estimate of drug-likeness (QED) is 0.678. The van der Waals surface area contributed by atoms with Crippen LogP contribution in [-0.4, -0.2) is 74.2 Å². The van der Waals surface area contributed by atoms with Gasteiger partial charge in [-0.25, -0.2) is 0 Å². The first kappa shape index (κ1) is 11.7. The fourth-order valence-electron chi connectivity index (χ4n) is 1.98. The first-order chi connectivity index (χ1) is 7.34. The SMILES string of the molecule is CN1CCN(CCSCC2CNC2)CC1. The lowest BCUT2D eigenvalue weighted by Gasteiger charge is -2.32. The van der Waals surface area contributed by atoms with E-state index in [-0.39, 0.29) is 0 Å². The third-order valence-electron chi connectivity index (χ3n) is 3.37. The van der Waals surface area contributed by atoms with Crippen LogP contribution in [-0.2, 0) is 0 Å². The number of hydrogen-bond donors (Lipinski definition) is 1. The Kier molecular flexibility index (Phi) is 4.75. The largest absolute Gasteiger partial charge is 0.316 e. The molecule has 15 heavy (non-hydrogen) atoms. The van der Waals surface area contributed by atoms with Gasteiger partial charge in [-0.3, -0.25) is 4.90 Å². The molecule has 0 aromatic heterocycles. The van der Waals surface area contributed by atoms with Gasteiger partial charge >= 0.3 is 0 Å². The second kappa shape index (κ2) is 6.09. The molecule has 2 rings (SSSR count). The molecule has 0 aliphatic carbocycles. The monoisotopic (exact) mass is 229 g/mol. The Morgan fingerprint density at radius 3 is 2.53 bits per heavy atom. The van der Waals surface area contributed by atoms with Gasteiger partial charge in [0.15, 0.2) is 0 Å². The molecule has 0 aromatic rings. The molecule has 2 saturated heterocycles. The lowest BCUT2D eigenvalue weighted by Crippen LogP contribution is -2.45. The highest BCUT2D eigenvalue weighted by Gasteiger charge is 2.17. The van der Waals surface area contributed by atoms with Gasteiger partial charge < -0.3 is 10.2 Å². The number of hydrogen-bond acceptors (Lipinski definition) is 4. The van der Waals surface area contributed by atoms with Crippen LogP contribution >= 0.6 is 11.8 Å². The van der Waals surface area contributed by atoms with Crippen LogP contribution in [0.15, 0.2) is 0 Å². The Balaban J connectivity index is 1.46. The molecule has 0 aromatic carbocycles. The van der Waals surface area contributed by atoms with Crippen molar-refractivity contribution >= 4 is 11.8 Å². The van der Waals surface area contributed by atoms with E-state index in [1.165, 1.54) is 57.3 Å². The van der Waals surface area contributed by atoms with E-state index in [4.69, 9.17) is 0 Å². The average molecular weight is 229 g/mol. The molecule has 4 heteroatoms. The summed E-state index contributed by atoms with van der Waals surface area (Å²) in [6.07, 6.45) is 0. The fraction of sp³-hybridized carbons (Fsp3) is 1.00. The molecule has 2 fully saturated rings. The van der Waals surface area contributed by atoms with E-state index in [9.17, 15) is 0 Å².